The first-order valence-electron chi connectivity index (χ1n) is 8.87. The van der Waals surface area contributed by atoms with Crippen molar-refractivity contribution >= 4 is 32.2 Å². The number of hydrogen-bond donors (Lipinski definition) is 1. The van der Waals surface area contributed by atoms with Crippen molar-refractivity contribution in [1.82, 2.24) is 4.98 Å². The van der Waals surface area contributed by atoms with Crippen molar-refractivity contribution in [3.63, 3.8) is 0 Å². The molecule has 2 aromatic rings. The number of carbonyl (C=O) groups excluding carboxylic acids is 1. The van der Waals surface area contributed by atoms with Gasteiger partial charge in [-0.1, -0.05) is 19.1 Å². The molecule has 0 radical (unpaired) electrons. The molecule has 3 rings (SSSR count). The summed E-state index contributed by atoms with van der Waals surface area (Å²) in [5, 5.41) is 3.07. The van der Waals surface area contributed by atoms with Crippen LogP contribution in [0.1, 0.15) is 43.3 Å². The van der Waals surface area contributed by atoms with Gasteiger partial charge >= 0.3 is 0 Å². The highest BCUT2D eigenvalue weighted by Crippen LogP contribution is 2.32. The van der Waals surface area contributed by atoms with E-state index in [1.807, 2.05) is 0 Å². The molecule has 1 heterocycles. The van der Waals surface area contributed by atoms with Gasteiger partial charge in [-0.3, -0.25) is 4.79 Å². The summed E-state index contributed by atoms with van der Waals surface area (Å²) >= 11 is 1.56. The Bertz CT molecular complexity index is 899. The third kappa shape index (κ3) is 4.15. The Hall–Kier alpha value is -1.73. The number of aromatic nitrogens is 1. The van der Waals surface area contributed by atoms with Crippen LogP contribution in [0.15, 0.2) is 29.2 Å². The average molecular weight is 393 g/mol. The molecule has 26 heavy (non-hydrogen) atoms. The first-order chi connectivity index (χ1) is 12.3. The summed E-state index contributed by atoms with van der Waals surface area (Å²) in [5.74, 6) is 0.538. The number of benzene rings is 1. The predicted octanol–water partition coefficient (Wildman–Crippen LogP) is 3.63. The number of nitrogens with one attached hydrogen (secondary N) is 1. The number of amides is 1. The van der Waals surface area contributed by atoms with Crippen molar-refractivity contribution in [2.45, 2.75) is 56.6 Å². The monoisotopic (exact) mass is 392 g/mol. The highest BCUT2D eigenvalue weighted by atomic mass is 32.2. The molecule has 5 nitrogen and oxygen atoms in total. The zero-order valence-corrected chi connectivity index (χ0v) is 16.9. The van der Waals surface area contributed by atoms with Gasteiger partial charge in [-0.05, 0) is 56.7 Å². The second kappa shape index (κ2) is 7.48. The molecular weight excluding hydrogens is 368 g/mol. The van der Waals surface area contributed by atoms with Crippen LogP contribution in [0.3, 0.4) is 0 Å². The average Bonchev–Trinajstić information content (AvgIpc) is 2.96. The van der Waals surface area contributed by atoms with E-state index >= 15 is 0 Å². The van der Waals surface area contributed by atoms with Gasteiger partial charge < -0.3 is 5.32 Å². The van der Waals surface area contributed by atoms with Gasteiger partial charge in [-0.2, -0.15) is 0 Å². The van der Waals surface area contributed by atoms with Gasteiger partial charge in [0.05, 0.1) is 22.3 Å². The summed E-state index contributed by atoms with van der Waals surface area (Å²) < 4.78 is 24.3. The second-order valence-electron chi connectivity index (χ2n) is 7.20. The minimum absolute atomic E-state index is 0.136. The van der Waals surface area contributed by atoms with E-state index in [-0.39, 0.29) is 12.3 Å². The van der Waals surface area contributed by atoms with E-state index in [1.165, 1.54) is 4.88 Å². The van der Waals surface area contributed by atoms with Gasteiger partial charge in [0.2, 0.25) is 5.91 Å². The number of rotatable bonds is 5. The molecule has 1 aromatic carbocycles. The summed E-state index contributed by atoms with van der Waals surface area (Å²) in [6, 6.07) is 6.54. The summed E-state index contributed by atoms with van der Waals surface area (Å²) in [6.07, 6.45) is 3.36. The number of anilines is 1. The first-order valence-corrected chi connectivity index (χ1v) is 11.2. The smallest absolute Gasteiger partial charge is 0.230 e. The number of nitrogens with zero attached hydrogens (tertiary/aromatic N) is 1. The molecule has 0 spiro atoms. The fourth-order valence-corrected chi connectivity index (χ4v) is 5.26. The van der Waals surface area contributed by atoms with Gasteiger partial charge in [0.15, 0.2) is 15.0 Å². The lowest BCUT2D eigenvalue weighted by Gasteiger charge is -2.15. The van der Waals surface area contributed by atoms with Crippen LogP contribution in [0.2, 0.25) is 0 Å². The SMILES string of the molecule is CC1CCc2nc(NC(=O)Cc3ccc(S(=O)(=O)C(C)C)cc3)sc2C1. The van der Waals surface area contributed by atoms with Crippen molar-refractivity contribution in [3.8, 4) is 0 Å². The molecule has 0 saturated heterocycles. The minimum atomic E-state index is -3.29. The Labute approximate surface area is 158 Å². The number of thiazole rings is 1. The Morgan fingerprint density at radius 1 is 1.31 bits per heavy atom. The van der Waals surface area contributed by atoms with Crippen LogP contribution in [-0.4, -0.2) is 24.6 Å². The van der Waals surface area contributed by atoms with E-state index < -0.39 is 15.1 Å². The quantitative estimate of drug-likeness (QED) is 0.843. The Balaban J connectivity index is 1.64. The molecule has 1 aliphatic carbocycles. The molecule has 140 valence electrons. The molecule has 1 amide bonds. The lowest BCUT2D eigenvalue weighted by molar-refractivity contribution is -0.115. The van der Waals surface area contributed by atoms with Crippen LogP contribution in [0.5, 0.6) is 0 Å². The summed E-state index contributed by atoms with van der Waals surface area (Å²) in [4.78, 5) is 18.4. The number of aryl methyl sites for hydroxylation is 1. The van der Waals surface area contributed by atoms with Crippen molar-refractivity contribution in [2.75, 3.05) is 5.32 Å². The number of fused-ring (bicyclic) bond motifs is 1. The molecule has 1 aliphatic rings. The van der Waals surface area contributed by atoms with Crippen LogP contribution in [0, 0.1) is 5.92 Å². The normalized spacial score (nSPS) is 17.2. The molecule has 1 aromatic heterocycles. The van der Waals surface area contributed by atoms with Crippen molar-refractivity contribution in [2.24, 2.45) is 5.92 Å². The van der Waals surface area contributed by atoms with Gasteiger partial charge in [-0.25, -0.2) is 13.4 Å². The zero-order chi connectivity index (χ0) is 18.9. The van der Waals surface area contributed by atoms with E-state index in [0.29, 0.717) is 15.9 Å². The van der Waals surface area contributed by atoms with Crippen LogP contribution >= 0.6 is 11.3 Å². The maximum absolute atomic E-state index is 12.3. The number of sulfone groups is 1. The molecule has 1 unspecified atom stereocenters. The third-order valence-corrected chi connectivity index (χ3v) is 7.88. The van der Waals surface area contributed by atoms with E-state index in [2.05, 4.69) is 17.2 Å². The summed E-state index contributed by atoms with van der Waals surface area (Å²) in [5.41, 5.74) is 1.90. The van der Waals surface area contributed by atoms with Crippen LogP contribution in [0.4, 0.5) is 5.13 Å². The Morgan fingerprint density at radius 3 is 2.65 bits per heavy atom. The molecule has 7 heteroatoms. The molecule has 0 bridgehead atoms. The number of carbonyl (C=O) groups is 1. The highest BCUT2D eigenvalue weighted by Gasteiger charge is 2.21. The van der Waals surface area contributed by atoms with E-state index in [1.54, 1.807) is 49.4 Å². The van der Waals surface area contributed by atoms with Gasteiger partial charge in [0, 0.05) is 4.88 Å². The minimum Gasteiger partial charge on any atom is -0.302 e. The standard InChI is InChI=1S/C19H24N2O3S2/c1-12(2)26(23,24)15-7-5-14(6-8-15)11-18(22)21-19-20-16-9-4-13(3)10-17(16)25-19/h5-8,12-13H,4,9-11H2,1-3H3,(H,20,21,22). The second-order valence-corrected chi connectivity index (χ2v) is 10.8. The molecule has 0 saturated carbocycles. The Kier molecular flexibility index (Phi) is 5.48. The van der Waals surface area contributed by atoms with Gasteiger partial charge in [0.1, 0.15) is 0 Å². The largest absolute Gasteiger partial charge is 0.302 e. The van der Waals surface area contributed by atoms with Crippen molar-refractivity contribution in [3.05, 3.63) is 40.4 Å². The predicted molar refractivity (Wildman–Crippen MR) is 104 cm³/mol. The van der Waals surface area contributed by atoms with Crippen LogP contribution in [-0.2, 0) is 33.9 Å². The van der Waals surface area contributed by atoms with Gasteiger partial charge in [0.25, 0.3) is 0 Å². The van der Waals surface area contributed by atoms with E-state index in [9.17, 15) is 13.2 Å². The fourth-order valence-electron chi connectivity index (χ4n) is 3.01. The maximum atomic E-state index is 12.3. The number of hydrogen-bond acceptors (Lipinski definition) is 5. The summed E-state index contributed by atoms with van der Waals surface area (Å²) in [7, 11) is -3.29. The molecular formula is C19H24N2O3S2. The summed E-state index contributed by atoms with van der Waals surface area (Å²) in [6.45, 7) is 5.56. The molecule has 0 aliphatic heterocycles. The van der Waals surface area contributed by atoms with Crippen molar-refractivity contribution < 1.29 is 13.2 Å². The van der Waals surface area contributed by atoms with Crippen molar-refractivity contribution in [1.29, 1.82) is 0 Å². The third-order valence-electron chi connectivity index (χ3n) is 4.67. The lowest BCUT2D eigenvalue weighted by Crippen LogP contribution is -2.15. The maximum Gasteiger partial charge on any atom is 0.230 e. The van der Waals surface area contributed by atoms with Gasteiger partial charge in [-0.15, -0.1) is 11.3 Å². The topological polar surface area (TPSA) is 76.1 Å². The fraction of sp³-hybridized carbons (Fsp3) is 0.474. The van der Waals surface area contributed by atoms with Crippen LogP contribution < -0.4 is 5.32 Å². The molecule has 0 fully saturated rings. The lowest BCUT2D eigenvalue weighted by atomic mass is 9.93. The van der Waals surface area contributed by atoms with E-state index in [4.69, 9.17) is 0 Å². The van der Waals surface area contributed by atoms with E-state index in [0.717, 1.165) is 30.5 Å². The first kappa shape index (κ1) is 19.0. The molecule has 1 atom stereocenters. The Morgan fingerprint density at radius 2 is 2.00 bits per heavy atom. The molecule has 1 N–H and O–H groups in total. The highest BCUT2D eigenvalue weighted by molar-refractivity contribution is 7.92. The zero-order valence-electron chi connectivity index (χ0n) is 15.3. The van der Waals surface area contributed by atoms with Crippen LogP contribution in [0.25, 0.3) is 0 Å².